The molecule has 11 nitrogen and oxygen atoms in total. The van der Waals surface area contributed by atoms with Crippen LogP contribution in [-0.4, -0.2) is 55.0 Å². The summed E-state index contributed by atoms with van der Waals surface area (Å²) in [6.45, 7) is -0.960. The Morgan fingerprint density at radius 1 is 0.941 bits per heavy atom. The number of hydrogen-bond acceptors (Lipinski definition) is 9. The van der Waals surface area contributed by atoms with Gasteiger partial charge in [0, 0.05) is 17.5 Å². The molecule has 1 unspecified atom stereocenters. The standard InChI is InChI=1S/C21H25O11PS/c1-27-15-10-18(29-3)16(19(11-15)30-4)7-8-34(26)13-14-5-6-17(28-2)20(9-14)32-21(22)12-31-33(23,24)25/h5-11H,12-13H2,1-4H3,(H2,23,24,25)/b8-7+. The third-order valence-electron chi connectivity index (χ3n) is 4.25. The van der Waals surface area contributed by atoms with Crippen molar-refractivity contribution in [1.29, 1.82) is 0 Å². The molecule has 0 spiro atoms. The number of methoxy groups -OCH3 is 4. The number of ether oxygens (including phenoxy) is 5. The minimum absolute atomic E-state index is 0.0150. The first-order chi connectivity index (χ1) is 16.1. The molecular formula is C21H25O11PS. The van der Waals surface area contributed by atoms with E-state index in [2.05, 4.69) is 4.52 Å². The number of benzene rings is 2. The van der Waals surface area contributed by atoms with Crippen LogP contribution >= 0.6 is 7.82 Å². The summed E-state index contributed by atoms with van der Waals surface area (Å²) in [5, 5.41) is 1.47. The highest BCUT2D eigenvalue weighted by molar-refractivity contribution is 7.87. The van der Waals surface area contributed by atoms with Crippen LogP contribution in [0.25, 0.3) is 6.08 Å². The summed E-state index contributed by atoms with van der Waals surface area (Å²) in [5.41, 5.74) is 1.13. The van der Waals surface area contributed by atoms with Crippen LogP contribution < -0.4 is 23.7 Å². The molecule has 0 saturated carbocycles. The molecule has 0 fully saturated rings. The molecule has 0 heterocycles. The predicted octanol–water partition coefficient (Wildman–Crippen LogP) is 2.66. The van der Waals surface area contributed by atoms with Gasteiger partial charge in [-0.25, -0.2) is 9.36 Å². The van der Waals surface area contributed by atoms with Crippen molar-refractivity contribution in [3.8, 4) is 28.7 Å². The number of phosphoric ester groups is 1. The zero-order valence-corrected chi connectivity index (χ0v) is 20.6. The Kier molecular flexibility index (Phi) is 10.1. The molecule has 34 heavy (non-hydrogen) atoms. The monoisotopic (exact) mass is 516 g/mol. The van der Waals surface area contributed by atoms with E-state index in [1.165, 1.54) is 46.0 Å². The van der Waals surface area contributed by atoms with E-state index >= 15 is 0 Å². The molecule has 13 heteroatoms. The molecule has 0 aliphatic carbocycles. The molecule has 0 aliphatic heterocycles. The van der Waals surface area contributed by atoms with Gasteiger partial charge in [0.15, 0.2) is 18.1 Å². The SMILES string of the molecule is COc1cc(OC)c(/C=C/S(=O)Cc2ccc(OC)c(OC(=O)COP(=O)(O)O)c2)c(OC)c1. The summed E-state index contributed by atoms with van der Waals surface area (Å²) < 4.78 is 53.7. The van der Waals surface area contributed by atoms with Crippen molar-refractivity contribution in [2.24, 2.45) is 0 Å². The number of phosphoric acid groups is 1. The Morgan fingerprint density at radius 3 is 2.09 bits per heavy atom. The summed E-state index contributed by atoms with van der Waals surface area (Å²) in [7, 11) is -0.441. The normalized spacial score (nSPS) is 12.3. The van der Waals surface area contributed by atoms with E-state index in [0.29, 0.717) is 28.4 Å². The van der Waals surface area contributed by atoms with Crippen LogP contribution in [0.2, 0.25) is 0 Å². The summed E-state index contributed by atoms with van der Waals surface area (Å²) in [6, 6.07) is 7.94. The van der Waals surface area contributed by atoms with Crippen LogP contribution in [-0.2, 0) is 30.4 Å². The smallest absolute Gasteiger partial charge is 0.470 e. The third-order valence-corrected chi connectivity index (χ3v) is 5.77. The second kappa shape index (κ2) is 12.5. The van der Waals surface area contributed by atoms with Gasteiger partial charge in [-0.2, -0.15) is 0 Å². The van der Waals surface area contributed by atoms with Gasteiger partial charge in [0.2, 0.25) is 0 Å². The number of carbonyl (C=O) groups is 1. The van der Waals surface area contributed by atoms with Gasteiger partial charge in [0.05, 0.1) is 50.6 Å². The lowest BCUT2D eigenvalue weighted by Crippen LogP contribution is -2.15. The predicted molar refractivity (Wildman–Crippen MR) is 124 cm³/mol. The van der Waals surface area contributed by atoms with Crippen molar-refractivity contribution in [3.63, 3.8) is 0 Å². The van der Waals surface area contributed by atoms with Crippen LogP contribution in [0, 0.1) is 0 Å². The molecule has 186 valence electrons. The molecule has 0 aliphatic rings. The fraction of sp³-hybridized carbons (Fsp3) is 0.286. The number of carbonyl (C=O) groups excluding carboxylic acids is 1. The van der Waals surface area contributed by atoms with Crippen molar-refractivity contribution in [3.05, 3.63) is 46.9 Å². The van der Waals surface area contributed by atoms with Gasteiger partial charge in [-0.15, -0.1) is 0 Å². The molecule has 2 aromatic rings. The molecule has 0 radical (unpaired) electrons. The number of esters is 1. The Labute approximate surface area is 198 Å². The number of hydrogen-bond donors (Lipinski definition) is 2. The third kappa shape index (κ3) is 8.15. The average Bonchev–Trinajstić information content (AvgIpc) is 2.80. The Morgan fingerprint density at radius 2 is 1.56 bits per heavy atom. The Hall–Kier alpha value is -2.89. The van der Waals surface area contributed by atoms with Crippen molar-refractivity contribution in [2.75, 3.05) is 35.0 Å². The minimum atomic E-state index is -4.83. The Bertz CT molecular complexity index is 1080. The van der Waals surface area contributed by atoms with Gasteiger partial charge in [0.1, 0.15) is 17.2 Å². The molecule has 2 aromatic carbocycles. The van der Waals surface area contributed by atoms with E-state index < -0.39 is 31.2 Å². The molecule has 0 saturated heterocycles. The van der Waals surface area contributed by atoms with Gasteiger partial charge in [-0.05, 0) is 23.8 Å². The maximum Gasteiger partial charge on any atom is 0.470 e. The second-order valence-electron chi connectivity index (χ2n) is 6.50. The van der Waals surface area contributed by atoms with E-state index in [1.54, 1.807) is 24.3 Å². The molecule has 0 bridgehead atoms. The minimum Gasteiger partial charge on any atom is -0.496 e. The van der Waals surface area contributed by atoms with E-state index in [9.17, 15) is 13.6 Å². The fourth-order valence-corrected chi connectivity index (χ4v) is 3.90. The van der Waals surface area contributed by atoms with E-state index in [0.717, 1.165) is 0 Å². The lowest BCUT2D eigenvalue weighted by molar-refractivity contribution is -0.137. The zero-order valence-electron chi connectivity index (χ0n) is 18.9. The van der Waals surface area contributed by atoms with Crippen LogP contribution in [0.5, 0.6) is 28.7 Å². The average molecular weight is 516 g/mol. The zero-order chi connectivity index (χ0) is 25.3. The van der Waals surface area contributed by atoms with Crippen LogP contribution in [0.3, 0.4) is 0 Å². The summed E-state index contributed by atoms with van der Waals surface area (Å²) >= 11 is 0. The first-order valence-electron chi connectivity index (χ1n) is 9.53. The fourth-order valence-electron chi connectivity index (χ4n) is 2.73. The van der Waals surface area contributed by atoms with Crippen LogP contribution in [0.4, 0.5) is 0 Å². The molecule has 2 rings (SSSR count). The maximum absolute atomic E-state index is 12.7. The molecule has 1 atom stereocenters. The van der Waals surface area contributed by atoms with Gasteiger partial charge in [-0.3, -0.25) is 8.73 Å². The quantitative estimate of drug-likeness (QED) is 0.244. The topological polar surface area (TPSA) is 147 Å². The van der Waals surface area contributed by atoms with Crippen LogP contribution in [0.1, 0.15) is 11.1 Å². The first-order valence-corrected chi connectivity index (χ1v) is 12.4. The van der Waals surface area contributed by atoms with Gasteiger partial charge < -0.3 is 33.5 Å². The molecular weight excluding hydrogens is 491 g/mol. The van der Waals surface area contributed by atoms with Crippen molar-refractivity contribution >= 4 is 30.7 Å². The lowest BCUT2D eigenvalue weighted by Gasteiger charge is -2.12. The molecule has 0 aromatic heterocycles. The summed E-state index contributed by atoms with van der Waals surface area (Å²) in [5.74, 6) is 0.699. The number of rotatable bonds is 12. The summed E-state index contributed by atoms with van der Waals surface area (Å²) in [4.78, 5) is 29.2. The first kappa shape index (κ1) is 27.4. The maximum atomic E-state index is 12.7. The van der Waals surface area contributed by atoms with Gasteiger partial charge in [0.25, 0.3) is 0 Å². The summed E-state index contributed by atoms with van der Waals surface area (Å²) in [6.07, 6.45) is 1.61. The highest BCUT2D eigenvalue weighted by Crippen LogP contribution is 2.36. The highest BCUT2D eigenvalue weighted by Gasteiger charge is 2.19. The van der Waals surface area contributed by atoms with E-state index in [1.807, 2.05) is 0 Å². The Balaban J connectivity index is 2.17. The molecule has 2 N–H and O–H groups in total. The molecule has 0 amide bonds. The second-order valence-corrected chi connectivity index (χ2v) is 9.06. The van der Waals surface area contributed by atoms with Crippen LogP contribution in [0.15, 0.2) is 35.7 Å². The van der Waals surface area contributed by atoms with Crippen molar-refractivity contribution in [2.45, 2.75) is 5.75 Å². The highest BCUT2D eigenvalue weighted by atomic mass is 32.2. The van der Waals surface area contributed by atoms with Crippen molar-refractivity contribution in [1.82, 2.24) is 0 Å². The van der Waals surface area contributed by atoms with Crippen molar-refractivity contribution < 1.29 is 51.6 Å². The van der Waals surface area contributed by atoms with E-state index in [-0.39, 0.29) is 17.3 Å². The van der Waals surface area contributed by atoms with E-state index in [4.69, 9.17) is 33.5 Å². The largest absolute Gasteiger partial charge is 0.496 e. The lowest BCUT2D eigenvalue weighted by atomic mass is 10.1. The van der Waals surface area contributed by atoms with Gasteiger partial charge >= 0.3 is 13.8 Å². The van der Waals surface area contributed by atoms with Gasteiger partial charge in [-0.1, -0.05) is 6.07 Å².